The summed E-state index contributed by atoms with van der Waals surface area (Å²) in [7, 11) is -2.05. The Balaban J connectivity index is 0. The number of rotatable bonds is 3. The molecular weight excluding hydrogens is 544 g/mol. The first-order valence-corrected chi connectivity index (χ1v) is 16.9. The Morgan fingerprint density at radius 2 is 0.556 bits per heavy atom. The molecule has 6 heteroatoms. The van der Waals surface area contributed by atoms with Crippen molar-refractivity contribution in [2.45, 2.75) is 192 Å². The fourth-order valence-corrected chi connectivity index (χ4v) is 11.7. The van der Waals surface area contributed by atoms with Gasteiger partial charge in [-0.2, -0.15) is 0 Å². The van der Waals surface area contributed by atoms with Crippen LogP contribution in [-0.4, -0.2) is 45.2 Å². The summed E-state index contributed by atoms with van der Waals surface area (Å²) in [5.74, 6) is 0. The summed E-state index contributed by atoms with van der Waals surface area (Å²) in [6.07, 6.45) is 20.9. The first-order chi connectivity index (χ1) is 15.8. The first-order valence-electron chi connectivity index (χ1n) is 14.7. The van der Waals surface area contributed by atoms with Gasteiger partial charge in [0.25, 0.3) is 0 Å². The van der Waals surface area contributed by atoms with Gasteiger partial charge in [-0.15, -0.1) is 0 Å². The van der Waals surface area contributed by atoms with Crippen LogP contribution in [0.5, 0.6) is 0 Å². The molecule has 0 aromatic heterocycles. The van der Waals surface area contributed by atoms with Gasteiger partial charge in [0.1, 0.15) is 0 Å². The van der Waals surface area contributed by atoms with E-state index < -0.39 is 25.1 Å². The smallest absolute Gasteiger partial charge is 0.197 e. The topological polar surface area (TPSA) is 80.9 Å². The van der Waals surface area contributed by atoms with Crippen molar-refractivity contribution >= 4 is 8.32 Å². The van der Waals surface area contributed by atoms with Gasteiger partial charge in [-0.1, -0.05) is 96.3 Å². The van der Waals surface area contributed by atoms with E-state index in [9.17, 15) is 4.80 Å². The molecule has 4 nitrogen and oxygen atoms in total. The average Bonchev–Trinajstić information content (AvgIpc) is 2.71. The quantitative estimate of drug-likeness (QED) is 0.244. The largest absolute Gasteiger partial charge is 0.431 e. The zero-order chi connectivity index (χ0) is 27.3. The van der Waals surface area contributed by atoms with Crippen LogP contribution in [0.1, 0.15) is 159 Å². The Bertz CT molecular complexity index is 426. The molecule has 3 aliphatic carbocycles. The van der Waals surface area contributed by atoms with E-state index in [2.05, 4.69) is 0 Å². The molecular formula is C30H64O4SiZr. The molecule has 0 unspecified atom stereocenters. The Labute approximate surface area is 245 Å². The van der Waals surface area contributed by atoms with Gasteiger partial charge < -0.3 is 20.1 Å². The van der Waals surface area contributed by atoms with Crippen LogP contribution in [0.15, 0.2) is 0 Å². The number of aliphatic hydroxyl groups is 3. The van der Waals surface area contributed by atoms with Gasteiger partial charge in [0, 0.05) is 26.2 Å². The standard InChI is InChI=1S/C18H34OSi.3C4H10O.Zr/c19-20(16-10-4-1-5-11-16,17-12-6-2-7-13-17)18-14-8-3-9-15-18;3*1-4(2,3)5;/h16-19H,1-15H2;3*5H,1-3H3;. The molecule has 0 atom stereocenters. The minimum atomic E-state index is -2.05. The number of hydrogen-bond donors (Lipinski definition) is 4. The third-order valence-electron chi connectivity index (χ3n) is 6.78. The summed E-state index contributed by atoms with van der Waals surface area (Å²) < 4.78 is 0. The molecule has 0 aromatic rings. The van der Waals surface area contributed by atoms with Crippen molar-refractivity contribution in [2.75, 3.05) is 0 Å². The van der Waals surface area contributed by atoms with Crippen molar-refractivity contribution in [3.05, 3.63) is 0 Å². The molecule has 3 aliphatic rings. The Morgan fingerprint density at radius 1 is 0.417 bits per heavy atom. The molecule has 36 heavy (non-hydrogen) atoms. The fourth-order valence-electron chi connectivity index (χ4n) is 5.70. The van der Waals surface area contributed by atoms with Crippen molar-refractivity contribution in [1.82, 2.24) is 0 Å². The minimum Gasteiger partial charge on any atom is -0.431 e. The molecule has 0 radical (unpaired) electrons. The minimum absolute atomic E-state index is 0. The van der Waals surface area contributed by atoms with Gasteiger partial charge in [-0.05, 0) is 78.9 Å². The van der Waals surface area contributed by atoms with Crippen LogP contribution in [0, 0.1) is 0 Å². The molecule has 3 rings (SSSR count). The summed E-state index contributed by atoms with van der Waals surface area (Å²) in [4.78, 5) is 12.0. The van der Waals surface area contributed by atoms with Crippen molar-refractivity contribution in [3.63, 3.8) is 0 Å². The van der Waals surface area contributed by atoms with Gasteiger partial charge in [0.2, 0.25) is 0 Å². The van der Waals surface area contributed by atoms with Crippen LogP contribution in [0.25, 0.3) is 0 Å². The van der Waals surface area contributed by atoms with Crippen LogP contribution in [-0.2, 0) is 26.2 Å². The van der Waals surface area contributed by atoms with E-state index in [1.54, 1.807) is 62.3 Å². The maximum Gasteiger partial charge on any atom is 0.197 e. The van der Waals surface area contributed by atoms with Crippen molar-refractivity contribution in [2.24, 2.45) is 0 Å². The monoisotopic (exact) mass is 606 g/mol. The predicted octanol–water partition coefficient (Wildman–Crippen LogP) is 8.26. The maximum atomic E-state index is 12.0. The van der Waals surface area contributed by atoms with E-state index in [4.69, 9.17) is 15.3 Å². The molecule has 0 amide bonds. The fraction of sp³-hybridized carbons (Fsp3) is 1.00. The molecule has 0 heterocycles. The van der Waals surface area contributed by atoms with Crippen LogP contribution in [0.2, 0.25) is 16.6 Å². The van der Waals surface area contributed by atoms with E-state index in [-0.39, 0.29) is 26.2 Å². The number of hydrogen-bond acceptors (Lipinski definition) is 4. The molecule has 4 N–H and O–H groups in total. The second-order valence-corrected chi connectivity index (χ2v) is 18.6. The Morgan fingerprint density at radius 3 is 0.694 bits per heavy atom. The first kappa shape index (κ1) is 39.1. The molecule has 0 bridgehead atoms. The predicted molar refractivity (Wildman–Crippen MR) is 154 cm³/mol. The van der Waals surface area contributed by atoms with Gasteiger partial charge in [-0.25, -0.2) is 0 Å². The summed E-state index contributed by atoms with van der Waals surface area (Å²) in [6.45, 7) is 15.7. The summed E-state index contributed by atoms with van der Waals surface area (Å²) in [5.41, 5.74) is 0.798. The van der Waals surface area contributed by atoms with Crippen molar-refractivity contribution in [1.29, 1.82) is 0 Å². The third kappa shape index (κ3) is 21.8. The Hall–Kier alpha value is 0.940. The zero-order valence-electron chi connectivity index (χ0n) is 25.6. The zero-order valence-corrected chi connectivity index (χ0v) is 29.1. The van der Waals surface area contributed by atoms with Crippen LogP contribution >= 0.6 is 0 Å². The van der Waals surface area contributed by atoms with Crippen LogP contribution in [0.4, 0.5) is 0 Å². The Kier molecular flexibility index (Phi) is 19.9. The van der Waals surface area contributed by atoms with Gasteiger partial charge in [0.15, 0.2) is 8.32 Å². The van der Waals surface area contributed by atoms with Crippen LogP contribution < -0.4 is 0 Å². The average molecular weight is 608 g/mol. The third-order valence-corrected chi connectivity index (χ3v) is 12.4. The maximum absolute atomic E-state index is 12.0. The van der Waals surface area contributed by atoms with E-state index in [0.717, 1.165) is 16.6 Å². The SMILES string of the molecule is CC(C)(C)O.CC(C)(C)O.CC(C)(C)O.O[Si](C1CCCCC1)(C1CCCCC1)C1CCCCC1.[Zr]. The van der Waals surface area contributed by atoms with Gasteiger partial charge in [0.05, 0.1) is 16.8 Å². The molecule has 0 aliphatic heterocycles. The summed E-state index contributed by atoms with van der Waals surface area (Å²) in [5, 5.41) is 25.6. The molecule has 0 spiro atoms. The molecule has 216 valence electrons. The summed E-state index contributed by atoms with van der Waals surface area (Å²) in [6, 6.07) is 0. The van der Waals surface area contributed by atoms with Crippen LogP contribution in [0.3, 0.4) is 0 Å². The second-order valence-electron chi connectivity index (χ2n) is 14.4. The van der Waals surface area contributed by atoms with E-state index in [0.29, 0.717) is 0 Å². The van der Waals surface area contributed by atoms with Gasteiger partial charge in [-0.3, -0.25) is 0 Å². The van der Waals surface area contributed by atoms with E-state index in [1.807, 2.05) is 0 Å². The molecule has 3 saturated carbocycles. The molecule has 0 saturated heterocycles. The molecule has 3 fully saturated rings. The summed E-state index contributed by atoms with van der Waals surface area (Å²) >= 11 is 0. The van der Waals surface area contributed by atoms with E-state index in [1.165, 1.54) is 96.3 Å². The van der Waals surface area contributed by atoms with E-state index >= 15 is 0 Å². The normalized spacial score (nSPS) is 20.9. The van der Waals surface area contributed by atoms with Crippen molar-refractivity contribution in [3.8, 4) is 0 Å². The van der Waals surface area contributed by atoms with Crippen molar-refractivity contribution < 1.29 is 46.3 Å². The molecule has 0 aromatic carbocycles. The second kappa shape index (κ2) is 18.3. The van der Waals surface area contributed by atoms with Gasteiger partial charge >= 0.3 is 0 Å².